The molecule has 1 aliphatic rings. The molecule has 1 amide bonds. The van der Waals surface area contributed by atoms with E-state index in [0.717, 1.165) is 19.0 Å². The molecule has 1 aromatic carbocycles. The molecule has 3 rings (SSSR count). The van der Waals surface area contributed by atoms with E-state index < -0.39 is 0 Å². The summed E-state index contributed by atoms with van der Waals surface area (Å²) in [6.07, 6.45) is 2.54. The maximum Gasteiger partial charge on any atom is 0.271 e. The second-order valence-electron chi connectivity index (χ2n) is 6.57. The quantitative estimate of drug-likeness (QED) is 0.876. The Kier molecular flexibility index (Phi) is 5.48. The lowest BCUT2D eigenvalue weighted by Gasteiger charge is -2.32. The Labute approximate surface area is 148 Å². The van der Waals surface area contributed by atoms with Gasteiger partial charge in [0.2, 0.25) is 0 Å². The van der Waals surface area contributed by atoms with Crippen LogP contribution in [0.5, 0.6) is 0 Å². The van der Waals surface area contributed by atoms with Gasteiger partial charge in [-0.15, -0.1) is 10.2 Å². The number of piperidine rings is 1. The van der Waals surface area contributed by atoms with E-state index in [0.29, 0.717) is 18.1 Å². The van der Waals surface area contributed by atoms with E-state index in [2.05, 4.69) is 56.9 Å². The normalized spacial score (nSPS) is 15.0. The van der Waals surface area contributed by atoms with Crippen LogP contribution in [0.25, 0.3) is 0 Å². The maximum atomic E-state index is 11.4. The minimum atomic E-state index is -0.234. The lowest BCUT2D eigenvalue weighted by Crippen LogP contribution is -2.32. The first-order valence-corrected chi connectivity index (χ1v) is 8.79. The van der Waals surface area contributed by atoms with Gasteiger partial charge in [0.05, 0.1) is 0 Å². The summed E-state index contributed by atoms with van der Waals surface area (Å²) in [7, 11) is 1.57. The van der Waals surface area contributed by atoms with Crippen molar-refractivity contribution in [2.75, 3.05) is 30.4 Å². The number of nitrogens with zero attached hydrogens (tertiary/aromatic N) is 3. The van der Waals surface area contributed by atoms with Gasteiger partial charge >= 0.3 is 0 Å². The van der Waals surface area contributed by atoms with Gasteiger partial charge < -0.3 is 15.5 Å². The van der Waals surface area contributed by atoms with Gasteiger partial charge in [0, 0.05) is 32.4 Å². The summed E-state index contributed by atoms with van der Waals surface area (Å²) < 4.78 is 0. The van der Waals surface area contributed by atoms with Crippen LogP contribution >= 0.6 is 0 Å². The number of rotatable bonds is 5. The molecule has 1 fully saturated rings. The highest BCUT2D eigenvalue weighted by Gasteiger charge is 2.15. The molecule has 132 valence electrons. The first-order valence-electron chi connectivity index (χ1n) is 8.79. The highest BCUT2D eigenvalue weighted by molar-refractivity contribution is 5.91. The van der Waals surface area contributed by atoms with Crippen LogP contribution in [0.4, 0.5) is 11.5 Å². The smallest absolute Gasteiger partial charge is 0.271 e. The van der Waals surface area contributed by atoms with E-state index in [1.54, 1.807) is 19.2 Å². The van der Waals surface area contributed by atoms with Crippen LogP contribution in [-0.4, -0.2) is 36.2 Å². The van der Waals surface area contributed by atoms with E-state index in [9.17, 15) is 4.79 Å². The number of carbonyl (C=O) groups is 1. The molecule has 0 atom stereocenters. The highest BCUT2D eigenvalue weighted by Crippen LogP contribution is 2.23. The Hall–Kier alpha value is -2.63. The number of hydrogen-bond acceptors (Lipinski definition) is 5. The molecular weight excluding hydrogens is 314 g/mol. The Bertz CT molecular complexity index is 691. The van der Waals surface area contributed by atoms with Gasteiger partial charge in [-0.2, -0.15) is 0 Å². The molecule has 0 saturated carbocycles. The van der Waals surface area contributed by atoms with Gasteiger partial charge in [0.15, 0.2) is 5.69 Å². The summed E-state index contributed by atoms with van der Waals surface area (Å²) in [4.78, 5) is 13.9. The number of benzene rings is 1. The molecular formula is C19H25N5O. The van der Waals surface area contributed by atoms with Crippen molar-refractivity contribution in [3.05, 3.63) is 47.7 Å². The Morgan fingerprint density at radius 3 is 2.44 bits per heavy atom. The Morgan fingerprint density at radius 1 is 1.12 bits per heavy atom. The van der Waals surface area contributed by atoms with E-state index in [-0.39, 0.29) is 5.91 Å². The second kappa shape index (κ2) is 7.96. The molecule has 1 saturated heterocycles. The average Bonchev–Trinajstić information content (AvgIpc) is 2.67. The van der Waals surface area contributed by atoms with Crippen molar-refractivity contribution in [2.24, 2.45) is 5.92 Å². The zero-order valence-corrected chi connectivity index (χ0v) is 14.8. The topological polar surface area (TPSA) is 70.2 Å². The molecule has 2 heterocycles. The number of amides is 1. The first-order chi connectivity index (χ1) is 12.2. The monoisotopic (exact) mass is 339 g/mol. The zero-order valence-electron chi connectivity index (χ0n) is 14.8. The maximum absolute atomic E-state index is 11.4. The zero-order chi connectivity index (χ0) is 17.6. The number of anilines is 2. The predicted molar refractivity (Wildman–Crippen MR) is 99.8 cm³/mol. The van der Waals surface area contributed by atoms with Crippen molar-refractivity contribution in [1.29, 1.82) is 0 Å². The molecule has 25 heavy (non-hydrogen) atoms. The summed E-state index contributed by atoms with van der Waals surface area (Å²) in [6.45, 7) is 5.29. The molecule has 2 aromatic rings. The number of carbonyl (C=O) groups excluding carboxylic acids is 1. The first kappa shape index (κ1) is 17.2. The number of nitrogens with one attached hydrogen (secondary N) is 2. The van der Waals surface area contributed by atoms with E-state index in [1.807, 2.05) is 0 Å². The fourth-order valence-corrected chi connectivity index (χ4v) is 2.96. The largest absolute Gasteiger partial charge is 0.372 e. The van der Waals surface area contributed by atoms with Gasteiger partial charge in [-0.1, -0.05) is 19.1 Å². The van der Waals surface area contributed by atoms with Crippen LogP contribution in [0.2, 0.25) is 0 Å². The van der Waals surface area contributed by atoms with Gasteiger partial charge in [0.25, 0.3) is 5.91 Å². The van der Waals surface area contributed by atoms with E-state index in [1.165, 1.54) is 24.1 Å². The van der Waals surface area contributed by atoms with Crippen LogP contribution in [0.3, 0.4) is 0 Å². The Balaban J connectivity index is 1.54. The van der Waals surface area contributed by atoms with Crippen LogP contribution in [-0.2, 0) is 6.54 Å². The van der Waals surface area contributed by atoms with Crippen molar-refractivity contribution < 1.29 is 4.79 Å². The minimum Gasteiger partial charge on any atom is -0.372 e. The molecule has 1 aliphatic heterocycles. The molecule has 6 nitrogen and oxygen atoms in total. The average molecular weight is 339 g/mol. The summed E-state index contributed by atoms with van der Waals surface area (Å²) in [5.74, 6) is 1.26. The van der Waals surface area contributed by atoms with Gasteiger partial charge in [-0.05, 0) is 48.6 Å². The van der Waals surface area contributed by atoms with E-state index >= 15 is 0 Å². The van der Waals surface area contributed by atoms with Crippen molar-refractivity contribution in [3.8, 4) is 0 Å². The molecule has 0 radical (unpaired) electrons. The molecule has 2 N–H and O–H groups in total. The fraction of sp³-hybridized carbons (Fsp3) is 0.421. The summed E-state index contributed by atoms with van der Waals surface area (Å²) >= 11 is 0. The van der Waals surface area contributed by atoms with Crippen LogP contribution in [0.1, 0.15) is 35.8 Å². The SMILES string of the molecule is CNC(=O)c1ccc(NCc2ccc(N3CCC(C)CC3)cc2)nn1. The molecule has 6 heteroatoms. The van der Waals surface area contributed by atoms with Crippen LogP contribution in [0.15, 0.2) is 36.4 Å². The van der Waals surface area contributed by atoms with E-state index in [4.69, 9.17) is 0 Å². The fourth-order valence-electron chi connectivity index (χ4n) is 2.96. The molecule has 0 unspecified atom stereocenters. The lowest BCUT2D eigenvalue weighted by atomic mass is 9.99. The van der Waals surface area contributed by atoms with Crippen molar-refractivity contribution in [1.82, 2.24) is 15.5 Å². The molecule has 1 aromatic heterocycles. The number of aromatic nitrogens is 2. The van der Waals surface area contributed by atoms with Crippen molar-refractivity contribution in [3.63, 3.8) is 0 Å². The summed E-state index contributed by atoms with van der Waals surface area (Å²) in [6, 6.07) is 12.1. The van der Waals surface area contributed by atoms with Crippen molar-refractivity contribution in [2.45, 2.75) is 26.3 Å². The minimum absolute atomic E-state index is 0.234. The molecule has 0 spiro atoms. The predicted octanol–water partition coefficient (Wildman–Crippen LogP) is 2.68. The standard InChI is InChI=1S/C19H25N5O/c1-14-9-11-24(12-10-14)16-5-3-15(4-6-16)13-21-18-8-7-17(22-23-18)19(25)20-2/h3-8,14H,9-13H2,1-2H3,(H,20,25)(H,21,23). The van der Waals surface area contributed by atoms with Crippen LogP contribution < -0.4 is 15.5 Å². The van der Waals surface area contributed by atoms with Gasteiger partial charge in [0.1, 0.15) is 5.82 Å². The lowest BCUT2D eigenvalue weighted by molar-refractivity contribution is 0.0957. The third kappa shape index (κ3) is 4.47. The second-order valence-corrected chi connectivity index (χ2v) is 6.57. The highest BCUT2D eigenvalue weighted by atomic mass is 16.1. The van der Waals surface area contributed by atoms with Gasteiger partial charge in [-0.3, -0.25) is 4.79 Å². The van der Waals surface area contributed by atoms with Crippen molar-refractivity contribution >= 4 is 17.4 Å². The van der Waals surface area contributed by atoms with Gasteiger partial charge in [-0.25, -0.2) is 0 Å². The van der Waals surface area contributed by atoms with Crippen LogP contribution in [0, 0.1) is 5.92 Å². The number of hydrogen-bond donors (Lipinski definition) is 2. The molecule has 0 aliphatic carbocycles. The third-order valence-corrected chi connectivity index (χ3v) is 4.68. The Morgan fingerprint density at radius 2 is 1.84 bits per heavy atom. The summed E-state index contributed by atoms with van der Waals surface area (Å²) in [5.41, 5.74) is 2.80. The molecule has 0 bridgehead atoms. The third-order valence-electron chi connectivity index (χ3n) is 4.68. The summed E-state index contributed by atoms with van der Waals surface area (Å²) in [5, 5.41) is 13.7.